The number of ether oxygens (including phenoxy) is 1. The Morgan fingerprint density at radius 1 is 1.22 bits per heavy atom. The SMILES string of the molecule is CCc1nnc(NC(=O)COc2ccc(C(C)(C)CC)cc2)s1. The highest BCUT2D eigenvalue weighted by Crippen LogP contribution is 2.28. The maximum absolute atomic E-state index is 11.9. The lowest BCUT2D eigenvalue weighted by Gasteiger charge is -2.23. The Morgan fingerprint density at radius 3 is 2.48 bits per heavy atom. The van der Waals surface area contributed by atoms with Gasteiger partial charge in [-0.15, -0.1) is 10.2 Å². The smallest absolute Gasteiger partial charge is 0.264 e. The summed E-state index contributed by atoms with van der Waals surface area (Å²) in [6, 6.07) is 7.91. The second-order valence-corrected chi connectivity index (χ2v) is 7.02. The minimum Gasteiger partial charge on any atom is -0.484 e. The molecule has 1 heterocycles. The van der Waals surface area contributed by atoms with Crippen LogP contribution in [0.1, 0.15) is 44.7 Å². The average Bonchev–Trinajstić information content (AvgIpc) is 3.01. The van der Waals surface area contributed by atoms with Gasteiger partial charge in [0, 0.05) is 0 Å². The second-order valence-electron chi connectivity index (χ2n) is 5.95. The highest BCUT2D eigenvalue weighted by molar-refractivity contribution is 7.15. The molecule has 1 aromatic carbocycles. The summed E-state index contributed by atoms with van der Waals surface area (Å²) in [5, 5.41) is 12.0. The molecule has 1 aromatic heterocycles. The van der Waals surface area contributed by atoms with Crippen LogP contribution in [0.15, 0.2) is 24.3 Å². The fraction of sp³-hybridized carbons (Fsp3) is 0.471. The third-order valence-corrected chi connectivity index (χ3v) is 4.89. The Hall–Kier alpha value is -1.95. The molecule has 0 fully saturated rings. The number of carbonyl (C=O) groups excluding carboxylic acids is 1. The fourth-order valence-corrected chi connectivity index (χ4v) is 2.65. The summed E-state index contributed by atoms with van der Waals surface area (Å²) < 4.78 is 5.52. The number of hydrogen-bond donors (Lipinski definition) is 1. The van der Waals surface area contributed by atoms with Crippen LogP contribution in [-0.4, -0.2) is 22.7 Å². The van der Waals surface area contributed by atoms with Crippen molar-refractivity contribution < 1.29 is 9.53 Å². The first-order chi connectivity index (χ1) is 10.9. The van der Waals surface area contributed by atoms with Crippen molar-refractivity contribution in [1.82, 2.24) is 10.2 Å². The Kier molecular flexibility index (Phi) is 5.71. The van der Waals surface area contributed by atoms with Crippen molar-refractivity contribution in [1.29, 1.82) is 0 Å². The quantitative estimate of drug-likeness (QED) is 0.837. The maximum atomic E-state index is 11.9. The molecule has 0 radical (unpaired) electrons. The van der Waals surface area contributed by atoms with Crippen LogP contribution in [0.4, 0.5) is 5.13 Å². The van der Waals surface area contributed by atoms with Gasteiger partial charge in [-0.2, -0.15) is 0 Å². The van der Waals surface area contributed by atoms with Crippen LogP contribution in [0.25, 0.3) is 0 Å². The summed E-state index contributed by atoms with van der Waals surface area (Å²) in [5.41, 5.74) is 1.41. The van der Waals surface area contributed by atoms with Crippen LogP contribution in [0.3, 0.4) is 0 Å². The molecular formula is C17H23N3O2S. The zero-order valence-corrected chi connectivity index (χ0v) is 14.9. The molecule has 1 amide bonds. The van der Waals surface area contributed by atoms with E-state index >= 15 is 0 Å². The number of nitrogens with one attached hydrogen (secondary N) is 1. The largest absolute Gasteiger partial charge is 0.484 e. The molecule has 0 aliphatic carbocycles. The van der Waals surface area contributed by atoms with Gasteiger partial charge >= 0.3 is 0 Å². The lowest BCUT2D eigenvalue weighted by molar-refractivity contribution is -0.118. The van der Waals surface area contributed by atoms with Crippen LogP contribution in [-0.2, 0) is 16.6 Å². The van der Waals surface area contributed by atoms with Gasteiger partial charge in [-0.05, 0) is 36.0 Å². The highest BCUT2D eigenvalue weighted by atomic mass is 32.1. The van der Waals surface area contributed by atoms with Crippen molar-refractivity contribution in [3.63, 3.8) is 0 Å². The number of amides is 1. The first kappa shape index (κ1) is 17.4. The van der Waals surface area contributed by atoms with Gasteiger partial charge < -0.3 is 4.74 Å². The van der Waals surface area contributed by atoms with E-state index in [0.717, 1.165) is 17.8 Å². The first-order valence-electron chi connectivity index (χ1n) is 7.80. The molecule has 2 rings (SSSR count). The van der Waals surface area contributed by atoms with Gasteiger partial charge in [-0.25, -0.2) is 0 Å². The van der Waals surface area contributed by atoms with E-state index < -0.39 is 0 Å². The third-order valence-electron chi connectivity index (χ3n) is 3.91. The van der Waals surface area contributed by atoms with Crippen molar-refractivity contribution in [2.75, 3.05) is 11.9 Å². The van der Waals surface area contributed by atoms with Crippen molar-refractivity contribution in [2.24, 2.45) is 0 Å². The summed E-state index contributed by atoms with van der Waals surface area (Å²) in [4.78, 5) is 11.9. The number of hydrogen-bond acceptors (Lipinski definition) is 5. The van der Waals surface area contributed by atoms with Crippen LogP contribution >= 0.6 is 11.3 Å². The van der Waals surface area contributed by atoms with Gasteiger partial charge in [0.1, 0.15) is 10.8 Å². The molecule has 0 unspecified atom stereocenters. The fourth-order valence-electron chi connectivity index (χ4n) is 1.96. The molecule has 0 bridgehead atoms. The molecule has 0 atom stereocenters. The summed E-state index contributed by atoms with van der Waals surface area (Å²) in [7, 11) is 0. The summed E-state index contributed by atoms with van der Waals surface area (Å²) in [6.45, 7) is 8.55. The van der Waals surface area contributed by atoms with Gasteiger partial charge in [-0.3, -0.25) is 10.1 Å². The maximum Gasteiger partial charge on any atom is 0.264 e. The summed E-state index contributed by atoms with van der Waals surface area (Å²) in [5.74, 6) is 0.448. The highest BCUT2D eigenvalue weighted by Gasteiger charge is 2.17. The van der Waals surface area contributed by atoms with Gasteiger partial charge in [0.2, 0.25) is 5.13 Å². The number of benzene rings is 1. The van der Waals surface area contributed by atoms with E-state index in [1.165, 1.54) is 16.9 Å². The molecule has 2 aromatic rings. The lowest BCUT2D eigenvalue weighted by Crippen LogP contribution is -2.20. The minimum absolute atomic E-state index is 0.0441. The number of nitrogens with zero attached hydrogens (tertiary/aromatic N) is 2. The molecule has 0 aliphatic rings. The van der Waals surface area contributed by atoms with Crippen LogP contribution in [0.2, 0.25) is 0 Å². The molecule has 124 valence electrons. The monoisotopic (exact) mass is 333 g/mol. The predicted molar refractivity (Wildman–Crippen MR) is 93.2 cm³/mol. The van der Waals surface area contributed by atoms with E-state index in [1.54, 1.807) is 0 Å². The zero-order chi connectivity index (χ0) is 16.9. The lowest BCUT2D eigenvalue weighted by atomic mass is 9.82. The molecular weight excluding hydrogens is 310 g/mol. The van der Waals surface area contributed by atoms with E-state index in [0.29, 0.717) is 10.9 Å². The standard InChI is InChI=1S/C17H23N3O2S/c1-5-15-19-20-16(23-15)18-14(21)11-22-13-9-7-12(8-10-13)17(3,4)6-2/h7-10H,5-6,11H2,1-4H3,(H,18,20,21). The number of rotatable bonds is 7. The van der Waals surface area contributed by atoms with Crippen molar-refractivity contribution in [2.45, 2.75) is 46.0 Å². The zero-order valence-electron chi connectivity index (χ0n) is 14.0. The van der Waals surface area contributed by atoms with Crippen LogP contribution < -0.4 is 10.1 Å². The van der Waals surface area contributed by atoms with Crippen molar-refractivity contribution in [3.05, 3.63) is 34.8 Å². The topological polar surface area (TPSA) is 64.1 Å². The van der Waals surface area contributed by atoms with Gasteiger partial charge in [0.15, 0.2) is 6.61 Å². The first-order valence-corrected chi connectivity index (χ1v) is 8.62. The summed E-state index contributed by atoms with van der Waals surface area (Å²) in [6.07, 6.45) is 1.88. The molecule has 0 saturated heterocycles. The van der Waals surface area contributed by atoms with Crippen LogP contribution in [0, 0.1) is 0 Å². The number of aromatic nitrogens is 2. The summed E-state index contributed by atoms with van der Waals surface area (Å²) >= 11 is 1.38. The molecule has 1 N–H and O–H groups in total. The van der Waals surface area contributed by atoms with Crippen LogP contribution in [0.5, 0.6) is 5.75 Å². The minimum atomic E-state index is -0.234. The average molecular weight is 333 g/mol. The van der Waals surface area contributed by atoms with Gasteiger partial charge in [-0.1, -0.05) is 51.2 Å². The van der Waals surface area contributed by atoms with Crippen molar-refractivity contribution >= 4 is 22.4 Å². The third kappa shape index (κ3) is 4.76. The van der Waals surface area contributed by atoms with E-state index in [4.69, 9.17) is 4.74 Å². The molecule has 0 spiro atoms. The second kappa shape index (κ2) is 7.55. The Labute approximate surface area is 141 Å². The Balaban J connectivity index is 1.86. The molecule has 0 aliphatic heterocycles. The Morgan fingerprint density at radius 2 is 1.91 bits per heavy atom. The van der Waals surface area contributed by atoms with E-state index in [9.17, 15) is 4.79 Å². The number of carbonyl (C=O) groups is 1. The van der Waals surface area contributed by atoms with E-state index in [2.05, 4.69) is 48.4 Å². The molecule has 23 heavy (non-hydrogen) atoms. The van der Waals surface area contributed by atoms with E-state index in [1.807, 2.05) is 19.1 Å². The molecule has 0 saturated carbocycles. The Bertz CT molecular complexity index is 650. The number of anilines is 1. The predicted octanol–water partition coefficient (Wildman–Crippen LogP) is 3.81. The van der Waals surface area contributed by atoms with E-state index in [-0.39, 0.29) is 17.9 Å². The van der Waals surface area contributed by atoms with Crippen molar-refractivity contribution in [3.8, 4) is 5.75 Å². The molecule has 5 nitrogen and oxygen atoms in total. The van der Waals surface area contributed by atoms with Gasteiger partial charge in [0.05, 0.1) is 0 Å². The normalized spacial score (nSPS) is 11.3. The molecule has 6 heteroatoms. The van der Waals surface area contributed by atoms with Gasteiger partial charge in [0.25, 0.3) is 5.91 Å². The number of aryl methyl sites for hydroxylation is 1.